The molecule has 0 fully saturated rings. The van der Waals surface area contributed by atoms with Gasteiger partial charge in [-0.1, -0.05) is 12.1 Å². The van der Waals surface area contributed by atoms with Crippen molar-refractivity contribution in [1.29, 1.82) is 0 Å². The third-order valence-electron chi connectivity index (χ3n) is 5.07. The summed E-state index contributed by atoms with van der Waals surface area (Å²) in [6.45, 7) is -0.490. The summed E-state index contributed by atoms with van der Waals surface area (Å²) < 4.78 is 32.5. The number of aryl methyl sites for hydroxylation is 2. The van der Waals surface area contributed by atoms with Crippen LogP contribution in [0.25, 0.3) is 33.1 Å². The van der Waals surface area contributed by atoms with E-state index in [-0.39, 0.29) is 0 Å². The monoisotopic (exact) mass is 386 g/mol. The van der Waals surface area contributed by atoms with Gasteiger partial charge in [-0.2, -0.15) is 10.2 Å². The molecule has 0 aliphatic rings. The van der Waals surface area contributed by atoms with Crippen LogP contribution >= 0.6 is 0 Å². The molecule has 0 saturated carbocycles. The number of ether oxygens (including phenoxy) is 1. The largest absolute Gasteiger partial charge is 0.486 e. The van der Waals surface area contributed by atoms with Crippen molar-refractivity contribution in [2.24, 2.45) is 7.05 Å². The molecular formula is C23H21N5O. The molecule has 0 aliphatic heterocycles. The van der Waals surface area contributed by atoms with Gasteiger partial charge in [0.05, 0.1) is 17.2 Å². The van der Waals surface area contributed by atoms with Crippen LogP contribution in [-0.2, 0) is 7.05 Å². The molecule has 3 heterocycles. The van der Waals surface area contributed by atoms with Crippen molar-refractivity contribution in [3.63, 3.8) is 0 Å². The normalized spacial score (nSPS) is 14.5. The highest BCUT2D eigenvalue weighted by Crippen LogP contribution is 2.33. The van der Waals surface area contributed by atoms with Gasteiger partial charge in [-0.15, -0.1) is 0 Å². The predicted molar refractivity (Wildman–Crippen MR) is 114 cm³/mol. The number of aromatic amines is 1. The summed E-state index contributed by atoms with van der Waals surface area (Å²) >= 11 is 0. The van der Waals surface area contributed by atoms with E-state index < -0.39 is 13.0 Å². The van der Waals surface area contributed by atoms with Crippen molar-refractivity contribution >= 4 is 21.8 Å². The summed E-state index contributed by atoms with van der Waals surface area (Å²) in [5, 5.41) is 13.2. The fourth-order valence-electron chi connectivity index (χ4n) is 3.66. The number of nitrogens with zero attached hydrogens (tertiary/aromatic N) is 4. The molecule has 1 unspecified atom stereocenters. The zero-order valence-electron chi connectivity index (χ0n) is 19.0. The van der Waals surface area contributed by atoms with Crippen molar-refractivity contribution in [1.82, 2.24) is 25.0 Å². The van der Waals surface area contributed by atoms with Crippen molar-refractivity contribution < 1.29 is 8.85 Å². The molecule has 1 N–H and O–H groups in total. The molecule has 0 bridgehead atoms. The summed E-state index contributed by atoms with van der Waals surface area (Å²) in [5.41, 5.74) is 4.61. The average molecular weight is 386 g/mol. The van der Waals surface area contributed by atoms with Gasteiger partial charge in [0, 0.05) is 45.5 Å². The number of aromatic nitrogens is 5. The highest BCUT2D eigenvalue weighted by atomic mass is 16.5. The van der Waals surface area contributed by atoms with Gasteiger partial charge in [0.2, 0.25) is 0 Å². The summed E-state index contributed by atoms with van der Waals surface area (Å²) in [5.74, 6) is 0.449. The topological polar surface area (TPSA) is 68.6 Å². The number of hydrogen-bond acceptors (Lipinski definition) is 4. The first-order valence-electron chi connectivity index (χ1n) is 10.8. The molecule has 6 heteroatoms. The summed E-state index contributed by atoms with van der Waals surface area (Å²) in [4.78, 5) is 4.38. The smallest absolute Gasteiger partial charge is 0.122 e. The molecule has 6 nitrogen and oxygen atoms in total. The maximum Gasteiger partial charge on any atom is 0.122 e. The van der Waals surface area contributed by atoms with E-state index in [2.05, 4.69) is 20.3 Å². The van der Waals surface area contributed by atoms with Crippen LogP contribution < -0.4 is 4.74 Å². The van der Waals surface area contributed by atoms with E-state index in [4.69, 9.17) is 8.85 Å². The van der Waals surface area contributed by atoms with E-state index in [0.717, 1.165) is 38.6 Å². The van der Waals surface area contributed by atoms with Gasteiger partial charge in [0.25, 0.3) is 0 Å². The molecule has 0 aliphatic carbocycles. The Morgan fingerprint density at radius 2 is 2.10 bits per heavy atom. The minimum Gasteiger partial charge on any atom is -0.486 e. The number of hydrogen-bond donors (Lipinski definition) is 1. The van der Waals surface area contributed by atoms with Gasteiger partial charge in [0.1, 0.15) is 17.5 Å². The van der Waals surface area contributed by atoms with Crippen LogP contribution in [0.3, 0.4) is 0 Å². The third kappa shape index (κ3) is 3.02. The minimum absolute atomic E-state index is 0.449. The quantitative estimate of drug-likeness (QED) is 0.474. The van der Waals surface area contributed by atoms with E-state index >= 15 is 0 Å². The molecule has 0 saturated heterocycles. The Hall–Kier alpha value is -3.67. The Morgan fingerprint density at radius 1 is 1.17 bits per heavy atom. The van der Waals surface area contributed by atoms with Gasteiger partial charge in [-0.25, -0.2) is 0 Å². The summed E-state index contributed by atoms with van der Waals surface area (Å²) in [7, 11) is 1.84. The minimum atomic E-state index is -2.38. The lowest BCUT2D eigenvalue weighted by atomic mass is 9.98. The van der Waals surface area contributed by atoms with Crippen LogP contribution in [0.15, 0.2) is 61.1 Å². The first-order chi connectivity index (χ1) is 15.3. The Balaban J connectivity index is 1.61. The van der Waals surface area contributed by atoms with Crippen molar-refractivity contribution in [3.8, 4) is 17.0 Å². The molecule has 1 atom stereocenters. The summed E-state index contributed by atoms with van der Waals surface area (Å²) in [6.07, 6.45) is 4.16. The van der Waals surface area contributed by atoms with E-state index in [9.17, 15) is 0 Å². The Kier molecular flexibility index (Phi) is 3.33. The molecule has 0 amide bonds. The van der Waals surface area contributed by atoms with Crippen LogP contribution in [-0.4, -0.2) is 25.0 Å². The molecular weight excluding hydrogens is 362 g/mol. The van der Waals surface area contributed by atoms with Gasteiger partial charge < -0.3 is 4.74 Å². The molecule has 144 valence electrons. The molecule has 5 rings (SSSR count). The molecule has 3 aromatic heterocycles. The second-order valence-electron chi connectivity index (χ2n) is 7.05. The second kappa shape index (κ2) is 6.74. The third-order valence-corrected chi connectivity index (χ3v) is 5.07. The molecule has 0 radical (unpaired) electrons. The lowest BCUT2D eigenvalue weighted by molar-refractivity contribution is 0.228. The van der Waals surface area contributed by atoms with Gasteiger partial charge in [0.15, 0.2) is 0 Å². The number of fused-ring (bicyclic) bond motifs is 2. The summed E-state index contributed by atoms with van der Waals surface area (Å²) in [6, 6.07) is 12.9. The number of pyridine rings is 1. The van der Waals surface area contributed by atoms with E-state index in [1.54, 1.807) is 29.2 Å². The highest BCUT2D eigenvalue weighted by molar-refractivity contribution is 5.93. The standard InChI is InChI=1S/C23H21N5O/c1-14-6-8-20-18(5-4-10-24-20)22(14)15(2)29-17-7-9-21-19(11-17)23(27-26-21)16-12-25-28(3)13-16/h4-13,15H,1-3H3,(H,26,27)/i2D3. The van der Waals surface area contributed by atoms with Crippen LogP contribution in [0.4, 0.5) is 0 Å². The molecule has 29 heavy (non-hydrogen) atoms. The molecule has 5 aromatic rings. The van der Waals surface area contributed by atoms with E-state index in [1.807, 2.05) is 50.5 Å². The van der Waals surface area contributed by atoms with Gasteiger partial charge in [-0.3, -0.25) is 14.8 Å². The first-order valence-corrected chi connectivity index (χ1v) is 9.29. The maximum absolute atomic E-state index is 8.22. The maximum atomic E-state index is 8.22. The van der Waals surface area contributed by atoms with Crippen molar-refractivity contribution in [3.05, 3.63) is 72.2 Å². The van der Waals surface area contributed by atoms with Gasteiger partial charge in [-0.05, 0) is 49.7 Å². The highest BCUT2D eigenvalue weighted by Gasteiger charge is 2.16. The van der Waals surface area contributed by atoms with Gasteiger partial charge >= 0.3 is 0 Å². The fraction of sp³-hybridized carbons (Fsp3) is 0.174. The average Bonchev–Trinajstić information content (AvgIpc) is 3.37. The zero-order valence-corrected chi connectivity index (χ0v) is 16.0. The van der Waals surface area contributed by atoms with Crippen LogP contribution in [0.2, 0.25) is 0 Å². The van der Waals surface area contributed by atoms with Crippen LogP contribution in [0.1, 0.15) is 28.2 Å². The Morgan fingerprint density at radius 3 is 2.93 bits per heavy atom. The molecule has 0 spiro atoms. The van der Waals surface area contributed by atoms with E-state index in [1.165, 1.54) is 0 Å². The van der Waals surface area contributed by atoms with Crippen LogP contribution in [0.5, 0.6) is 5.75 Å². The Labute approximate surface area is 172 Å². The van der Waals surface area contributed by atoms with Crippen molar-refractivity contribution in [2.45, 2.75) is 19.9 Å². The SMILES string of the molecule is [2H]C([2H])([2H])C(Oc1ccc2[nH]nc(-c3cnn(C)c3)c2c1)c1c(C)ccc2ncccc12. The number of benzene rings is 2. The first kappa shape index (κ1) is 14.3. The lowest BCUT2D eigenvalue weighted by Gasteiger charge is -2.19. The number of nitrogens with one attached hydrogen (secondary N) is 1. The lowest BCUT2D eigenvalue weighted by Crippen LogP contribution is -2.06. The van der Waals surface area contributed by atoms with Crippen LogP contribution in [0, 0.1) is 6.92 Å². The van der Waals surface area contributed by atoms with Crippen molar-refractivity contribution in [2.75, 3.05) is 0 Å². The predicted octanol–water partition coefficient (Wildman–Crippen LogP) is 4.96. The van der Waals surface area contributed by atoms with E-state index in [0.29, 0.717) is 11.3 Å². The zero-order chi connectivity index (χ0) is 22.5. The fourth-order valence-corrected chi connectivity index (χ4v) is 3.66. The molecule has 2 aromatic carbocycles. The second-order valence-corrected chi connectivity index (χ2v) is 7.05. The number of rotatable bonds is 4. The Bertz CT molecular complexity index is 1440. The number of H-pyrrole nitrogens is 1.